The highest BCUT2D eigenvalue weighted by atomic mass is 32.1. The molecule has 0 amide bonds. The maximum atomic E-state index is 2.70. The largest absolute Gasteiger partial charge is 0.367 e. The average molecular weight is 768 g/mol. The smallest absolute Gasteiger partial charge is 0.333 e. The molecule has 0 N–H and O–H groups in total. The Morgan fingerprint density at radius 2 is 1.17 bits per heavy atom. The molecule has 2 aromatic heterocycles. The first-order chi connectivity index (χ1) is 28.0. The predicted molar refractivity (Wildman–Crippen MR) is 252 cm³/mol. The minimum absolute atomic E-state index is 0.00293. The van der Waals surface area contributed by atoms with E-state index in [2.05, 4.69) is 214 Å². The summed E-state index contributed by atoms with van der Waals surface area (Å²) in [5.74, 6) is 0. The van der Waals surface area contributed by atoms with Crippen LogP contribution in [0.25, 0.3) is 42.3 Å². The number of benzene rings is 7. The van der Waals surface area contributed by atoms with E-state index in [-0.39, 0.29) is 17.7 Å². The molecule has 0 saturated carbocycles. The van der Waals surface area contributed by atoms with E-state index in [4.69, 9.17) is 0 Å². The van der Waals surface area contributed by atoms with Crippen molar-refractivity contribution in [1.82, 2.24) is 4.48 Å². The third kappa shape index (κ3) is 5.19. The summed E-state index contributed by atoms with van der Waals surface area (Å²) in [5.41, 5.74) is 17.7. The summed E-state index contributed by atoms with van der Waals surface area (Å²) in [6.07, 6.45) is 0. The number of thiophene rings is 1. The van der Waals surface area contributed by atoms with Crippen LogP contribution in [0.5, 0.6) is 0 Å². The minimum atomic E-state index is 0.00293. The van der Waals surface area contributed by atoms with Crippen molar-refractivity contribution in [2.75, 3.05) is 9.80 Å². The Bertz CT molecular complexity index is 3030. The first kappa shape index (κ1) is 35.2. The summed E-state index contributed by atoms with van der Waals surface area (Å²) in [6, 6.07) is 57.3. The lowest BCUT2D eigenvalue weighted by atomic mass is 9.45. The summed E-state index contributed by atoms with van der Waals surface area (Å²) in [6.45, 7) is 16.0. The summed E-state index contributed by atoms with van der Waals surface area (Å²) in [4.78, 5) is 6.31. The van der Waals surface area contributed by atoms with E-state index in [1.165, 1.54) is 81.3 Å². The van der Waals surface area contributed by atoms with Crippen LogP contribution in [-0.2, 0) is 10.8 Å². The van der Waals surface area contributed by atoms with Crippen molar-refractivity contribution >= 4 is 94.4 Å². The van der Waals surface area contributed by atoms with Gasteiger partial charge in [0.15, 0.2) is 0 Å². The zero-order chi connectivity index (χ0) is 39.7. The second kappa shape index (κ2) is 12.5. The molecule has 5 heteroatoms. The van der Waals surface area contributed by atoms with Crippen molar-refractivity contribution in [2.45, 2.75) is 59.3 Å². The molecular weight excluding hydrogens is 721 g/mol. The molecule has 2 aliphatic heterocycles. The van der Waals surface area contributed by atoms with Crippen LogP contribution in [0, 0.1) is 6.92 Å². The van der Waals surface area contributed by atoms with Crippen LogP contribution in [-0.4, -0.2) is 11.3 Å². The van der Waals surface area contributed by atoms with Crippen molar-refractivity contribution in [3.8, 4) is 11.1 Å². The monoisotopic (exact) mass is 767 g/mol. The third-order valence-electron chi connectivity index (χ3n) is 12.5. The number of anilines is 6. The topological polar surface area (TPSA) is 11.4 Å². The number of para-hydroxylation sites is 2. The van der Waals surface area contributed by atoms with E-state index in [9.17, 15) is 0 Å². The molecule has 0 fully saturated rings. The van der Waals surface area contributed by atoms with Gasteiger partial charge in [0.05, 0.1) is 4.83 Å². The molecule has 0 radical (unpaired) electrons. The number of aryl methyl sites for hydroxylation is 1. The number of rotatable bonds is 4. The van der Waals surface area contributed by atoms with Crippen molar-refractivity contribution in [3.63, 3.8) is 0 Å². The molecule has 0 unspecified atom stereocenters. The molecule has 0 saturated heterocycles. The Morgan fingerprint density at radius 1 is 0.552 bits per heavy atom. The fraction of sp³-hybridized carbons (Fsp3) is 0.170. The predicted octanol–water partition coefficient (Wildman–Crippen LogP) is 13.8. The Labute approximate surface area is 345 Å². The van der Waals surface area contributed by atoms with Gasteiger partial charge in [-0.15, -0.1) is 11.3 Å². The van der Waals surface area contributed by atoms with Crippen molar-refractivity contribution < 1.29 is 0 Å². The lowest BCUT2D eigenvalue weighted by Gasteiger charge is -2.41. The second-order valence-corrected chi connectivity index (χ2v) is 19.4. The van der Waals surface area contributed by atoms with Crippen molar-refractivity contribution in [3.05, 3.63) is 168 Å². The zero-order valence-electron chi connectivity index (χ0n) is 34.3. The standard InChI is InChI=1S/C53H46BN3S/c1-33-30-43-40-17-13-18-42-48-41-16-11-12-19-47(41)58-51(48)57(50(40)42)54-44-29-28-39(32-45(44)56(46(31-33)49(43)54)36-14-9-8-10-15-36)55(37-24-20-34(21-25-37)52(2,3)4)38-26-22-35(23-27-38)53(5,6)7/h8-32H,1-7H3. The van der Waals surface area contributed by atoms with Gasteiger partial charge in [0.25, 0.3) is 0 Å². The number of aromatic nitrogens is 1. The lowest BCUT2D eigenvalue weighted by Crippen LogP contribution is -2.56. The van der Waals surface area contributed by atoms with Crippen LogP contribution in [0.15, 0.2) is 152 Å². The van der Waals surface area contributed by atoms with E-state index in [1.807, 2.05) is 11.3 Å². The van der Waals surface area contributed by atoms with Gasteiger partial charge in [-0.1, -0.05) is 133 Å². The van der Waals surface area contributed by atoms with Gasteiger partial charge in [-0.2, -0.15) is 0 Å². The van der Waals surface area contributed by atoms with Crippen molar-refractivity contribution in [1.29, 1.82) is 0 Å². The number of hydrogen-bond donors (Lipinski definition) is 0. The van der Waals surface area contributed by atoms with E-state index in [0.717, 1.165) is 22.7 Å². The number of fused-ring (bicyclic) bond motifs is 9. The molecule has 2 aliphatic rings. The second-order valence-electron chi connectivity index (χ2n) is 18.3. The first-order valence-corrected chi connectivity index (χ1v) is 21.4. The summed E-state index contributed by atoms with van der Waals surface area (Å²) in [7, 11) is 0. The molecule has 11 rings (SSSR count). The van der Waals surface area contributed by atoms with Crippen LogP contribution in [0.1, 0.15) is 58.2 Å². The third-order valence-corrected chi connectivity index (χ3v) is 13.7. The molecule has 0 bridgehead atoms. The summed E-state index contributed by atoms with van der Waals surface area (Å²) >= 11 is 1.93. The molecule has 7 aromatic carbocycles. The molecule has 9 aromatic rings. The molecular formula is C53H46BN3S. The quantitative estimate of drug-likeness (QED) is 0.165. The van der Waals surface area contributed by atoms with Gasteiger partial charge in [0.1, 0.15) is 0 Å². The van der Waals surface area contributed by atoms with E-state index < -0.39 is 0 Å². The first-order valence-electron chi connectivity index (χ1n) is 20.6. The Kier molecular flexibility index (Phi) is 7.56. The van der Waals surface area contributed by atoms with Crippen LogP contribution >= 0.6 is 11.3 Å². The normalized spacial score (nSPS) is 13.4. The van der Waals surface area contributed by atoms with Crippen LogP contribution in [0.4, 0.5) is 34.1 Å². The summed E-state index contributed by atoms with van der Waals surface area (Å²) in [5, 5.41) is 4.05. The van der Waals surface area contributed by atoms with E-state index in [0.29, 0.717) is 0 Å². The van der Waals surface area contributed by atoms with Gasteiger partial charge in [0.2, 0.25) is 0 Å². The molecule has 0 spiro atoms. The fourth-order valence-electron chi connectivity index (χ4n) is 9.68. The van der Waals surface area contributed by atoms with Crippen LogP contribution in [0.3, 0.4) is 0 Å². The Morgan fingerprint density at radius 3 is 1.84 bits per heavy atom. The van der Waals surface area contributed by atoms with E-state index in [1.54, 1.807) is 0 Å². The van der Waals surface area contributed by atoms with Gasteiger partial charge in [0, 0.05) is 66.1 Å². The lowest BCUT2D eigenvalue weighted by molar-refractivity contribution is 0.590. The van der Waals surface area contributed by atoms with Crippen molar-refractivity contribution in [2.24, 2.45) is 0 Å². The maximum absolute atomic E-state index is 2.70. The van der Waals surface area contributed by atoms with Gasteiger partial charge in [-0.3, -0.25) is 0 Å². The van der Waals surface area contributed by atoms with Gasteiger partial charge in [-0.05, 0) is 112 Å². The Hall–Kier alpha value is -6.04. The van der Waals surface area contributed by atoms with Gasteiger partial charge < -0.3 is 14.3 Å². The molecule has 3 nitrogen and oxygen atoms in total. The molecule has 58 heavy (non-hydrogen) atoms. The zero-order valence-corrected chi connectivity index (χ0v) is 35.1. The SMILES string of the molecule is Cc1cc2c3c(c1)N(c1ccccc1)c1cc(N(c4ccc(C(C)(C)C)cc4)c4ccc(C(C)(C)C)cc4)ccc1B3n1c3sc4ccccc4c3c3cccc-2c31. The van der Waals surface area contributed by atoms with Crippen LogP contribution < -0.4 is 20.7 Å². The summed E-state index contributed by atoms with van der Waals surface area (Å²) < 4.78 is 4.03. The number of hydrogen-bond acceptors (Lipinski definition) is 3. The fourth-order valence-corrected chi connectivity index (χ4v) is 10.9. The van der Waals surface area contributed by atoms with Gasteiger partial charge >= 0.3 is 6.85 Å². The highest BCUT2D eigenvalue weighted by Gasteiger charge is 2.43. The number of nitrogens with zero attached hydrogens (tertiary/aromatic N) is 3. The highest BCUT2D eigenvalue weighted by molar-refractivity contribution is 7.26. The minimum Gasteiger partial charge on any atom is -0.367 e. The molecule has 4 heterocycles. The maximum Gasteiger partial charge on any atom is 0.333 e. The highest BCUT2D eigenvalue weighted by Crippen LogP contribution is 2.49. The molecule has 0 atom stereocenters. The Balaban J connectivity index is 1.20. The van der Waals surface area contributed by atoms with E-state index >= 15 is 0 Å². The van der Waals surface area contributed by atoms with Crippen LogP contribution in [0.2, 0.25) is 0 Å². The van der Waals surface area contributed by atoms with Gasteiger partial charge in [-0.25, -0.2) is 0 Å². The molecule has 282 valence electrons. The average Bonchev–Trinajstić information content (AvgIpc) is 3.75. The molecule has 0 aliphatic carbocycles.